The van der Waals surface area contributed by atoms with Gasteiger partial charge in [0, 0.05) is 47.9 Å². The van der Waals surface area contributed by atoms with Crippen molar-refractivity contribution < 1.29 is 19.1 Å². The zero-order chi connectivity index (χ0) is 39.3. The van der Waals surface area contributed by atoms with E-state index in [1.54, 1.807) is 48.5 Å². The number of alkyl halides is 6. The molecule has 3 aromatic carbocycles. The van der Waals surface area contributed by atoms with Crippen molar-refractivity contribution in [1.29, 1.82) is 0 Å². The number of anilines is 2. The van der Waals surface area contributed by atoms with Gasteiger partial charge in [-0.2, -0.15) is 0 Å². The minimum Gasteiger partial charge on any atom is -0.427 e. The topological polar surface area (TPSA) is 114 Å². The van der Waals surface area contributed by atoms with Gasteiger partial charge in [-0.3, -0.25) is 14.4 Å². The highest BCUT2D eigenvalue weighted by Gasteiger charge is 2.36. The molecule has 282 valence electrons. The van der Waals surface area contributed by atoms with E-state index in [1.165, 1.54) is 0 Å². The first kappa shape index (κ1) is 41.5. The molecule has 0 saturated heterocycles. The van der Waals surface area contributed by atoms with Crippen LogP contribution in [0.4, 0.5) is 11.4 Å². The molecule has 1 heterocycles. The van der Waals surface area contributed by atoms with Gasteiger partial charge in [-0.25, -0.2) is 15.0 Å². The van der Waals surface area contributed by atoms with Crippen LogP contribution in [0.25, 0.3) is 17.5 Å². The zero-order valence-electron chi connectivity index (χ0n) is 29.4. The molecule has 15 heteroatoms. The summed E-state index contributed by atoms with van der Waals surface area (Å²) in [5.74, 6) is -0.555. The van der Waals surface area contributed by atoms with Crippen LogP contribution in [-0.2, 0) is 17.2 Å². The van der Waals surface area contributed by atoms with Crippen LogP contribution in [0, 0.1) is 5.41 Å². The molecule has 4 aromatic rings. The first-order chi connectivity index (χ1) is 25.4. The van der Waals surface area contributed by atoms with Crippen LogP contribution in [0.3, 0.4) is 0 Å². The fraction of sp³-hybridized carbons (Fsp3) is 0.282. The Bertz CT molecular complexity index is 2030. The van der Waals surface area contributed by atoms with Crippen molar-refractivity contribution in [2.24, 2.45) is 5.41 Å². The van der Waals surface area contributed by atoms with Crippen LogP contribution < -0.4 is 15.0 Å². The number of hydrogen-bond acceptors (Lipinski definition) is 8. The van der Waals surface area contributed by atoms with Crippen LogP contribution in [0.1, 0.15) is 67.1 Å². The number of aromatic nitrogens is 3. The lowest BCUT2D eigenvalue weighted by Gasteiger charge is -2.19. The fourth-order valence-electron chi connectivity index (χ4n) is 5.49. The minimum atomic E-state index is -1.99. The van der Waals surface area contributed by atoms with E-state index in [9.17, 15) is 14.4 Å². The lowest BCUT2D eigenvalue weighted by atomic mass is 9.90. The highest BCUT2D eigenvalue weighted by molar-refractivity contribution is 6.67. The monoisotopic (exact) mass is 847 g/mol. The van der Waals surface area contributed by atoms with Crippen molar-refractivity contribution in [3.05, 3.63) is 113 Å². The van der Waals surface area contributed by atoms with Crippen LogP contribution in [0.5, 0.6) is 5.75 Å². The van der Waals surface area contributed by atoms with Crippen molar-refractivity contribution in [3.8, 4) is 17.1 Å². The predicted octanol–water partition coefficient (Wildman–Crippen LogP) is 10.6. The highest BCUT2D eigenvalue weighted by Crippen LogP contribution is 2.41. The van der Waals surface area contributed by atoms with E-state index in [2.05, 4.69) is 25.2 Å². The number of rotatable bonds is 11. The number of benzene rings is 3. The number of ether oxygens (including phenoxy) is 1. The van der Waals surface area contributed by atoms with E-state index in [0.717, 1.165) is 29.7 Å². The molecule has 1 amide bonds. The Kier molecular flexibility index (Phi) is 13.4. The maximum atomic E-state index is 12.9. The third-order valence-corrected chi connectivity index (χ3v) is 9.63. The Morgan fingerprint density at radius 1 is 0.870 bits per heavy atom. The number of carbonyl (C=O) groups excluding carboxylic acids is 3. The molecule has 0 atom stereocenters. The van der Waals surface area contributed by atoms with Crippen LogP contribution >= 0.6 is 69.6 Å². The van der Waals surface area contributed by atoms with E-state index in [0.29, 0.717) is 35.5 Å². The molecule has 1 aliphatic carbocycles. The summed E-state index contributed by atoms with van der Waals surface area (Å²) in [6.45, 7) is 4.64. The molecule has 9 nitrogen and oxygen atoms in total. The number of amides is 1. The van der Waals surface area contributed by atoms with Crippen LogP contribution in [-0.4, -0.2) is 46.2 Å². The number of esters is 1. The molecule has 0 radical (unpaired) electrons. The number of nitrogens with one attached hydrogen (secondary N) is 1. The molecule has 1 N–H and O–H groups in total. The third-order valence-electron chi connectivity index (χ3n) is 8.61. The van der Waals surface area contributed by atoms with Gasteiger partial charge in [0.2, 0.25) is 7.59 Å². The second kappa shape index (κ2) is 17.4. The van der Waals surface area contributed by atoms with Gasteiger partial charge in [0.25, 0.3) is 5.91 Å². The number of Topliss-reactive ketones (excluding diaryl/α,β-unsaturated/α-hetero) is 1. The second-order valence-electron chi connectivity index (χ2n) is 13.2. The summed E-state index contributed by atoms with van der Waals surface area (Å²) in [6.07, 6.45) is 8.35. The Hall–Kier alpha value is -3.70. The molecule has 0 spiro atoms. The zero-order valence-corrected chi connectivity index (χ0v) is 33.9. The van der Waals surface area contributed by atoms with Crippen molar-refractivity contribution in [2.75, 3.05) is 23.8 Å². The minimum absolute atomic E-state index is 0.0926. The summed E-state index contributed by atoms with van der Waals surface area (Å²) in [4.78, 5) is 52.3. The summed E-state index contributed by atoms with van der Waals surface area (Å²) in [5, 5.41) is 2.80. The molecule has 1 aliphatic rings. The summed E-state index contributed by atoms with van der Waals surface area (Å²) in [7, 11) is 1.97. The number of nitrogens with zero attached hydrogens (tertiary/aromatic N) is 4. The van der Waals surface area contributed by atoms with Gasteiger partial charge in [-0.1, -0.05) is 114 Å². The normalized spacial score (nSPS) is 15.1. The van der Waals surface area contributed by atoms with Gasteiger partial charge in [0.05, 0.1) is 0 Å². The van der Waals surface area contributed by atoms with Crippen LogP contribution in [0.15, 0.2) is 90.5 Å². The molecule has 0 aliphatic heterocycles. The van der Waals surface area contributed by atoms with Gasteiger partial charge < -0.3 is 15.0 Å². The predicted molar refractivity (Wildman–Crippen MR) is 218 cm³/mol. The lowest BCUT2D eigenvalue weighted by Crippen LogP contribution is -2.20. The van der Waals surface area contributed by atoms with Gasteiger partial charge in [-0.15, -0.1) is 0 Å². The standard InChI is InChI=1S/C39H35Cl6N5O4/c1-37(2)22-21-25(32(37)52)7-4-6-24-9-17-29(18-10-24)50(3)23-5-8-31(51)54-30-19-13-27(14-20-30)34(53)46-28-15-11-26(12-16-28)33-47-35(38(40,41)42)49-36(48-33)39(43,44)45/h4,6-7,9-20H,5,8,21-23H2,1-3H3,(H,46,53). The molecule has 1 saturated carbocycles. The number of halogens is 6. The Morgan fingerprint density at radius 3 is 2.04 bits per heavy atom. The Labute approximate surface area is 343 Å². The molecule has 5 rings (SSSR count). The van der Waals surface area contributed by atoms with Crippen molar-refractivity contribution in [2.45, 2.75) is 47.1 Å². The lowest BCUT2D eigenvalue weighted by molar-refractivity contribution is -0.134. The number of carbonyl (C=O) groups is 3. The Morgan fingerprint density at radius 2 is 1.48 bits per heavy atom. The first-order valence-corrected chi connectivity index (χ1v) is 19.0. The van der Waals surface area contributed by atoms with Gasteiger partial charge in [-0.05, 0) is 91.1 Å². The largest absolute Gasteiger partial charge is 0.427 e. The molecule has 54 heavy (non-hydrogen) atoms. The maximum Gasteiger partial charge on any atom is 0.311 e. The average molecular weight is 850 g/mol. The SMILES string of the molecule is CN(CCCC(=O)Oc1ccc(C(=O)Nc2ccc(-c3nc(C(Cl)(Cl)Cl)nc(C(Cl)(Cl)Cl)n3)cc2)cc1)c1ccc(C=CC=C2CCC(C)(C)C2=O)cc1. The van der Waals surface area contributed by atoms with E-state index in [4.69, 9.17) is 74.3 Å². The maximum absolute atomic E-state index is 12.9. The summed E-state index contributed by atoms with van der Waals surface area (Å²) in [6, 6.07) is 20.8. The first-order valence-electron chi connectivity index (χ1n) is 16.8. The molecule has 0 bridgehead atoms. The number of ketones is 1. The van der Waals surface area contributed by atoms with E-state index >= 15 is 0 Å². The molecular formula is C39H35Cl6N5O4. The van der Waals surface area contributed by atoms with Gasteiger partial charge in [0.1, 0.15) is 5.75 Å². The molecule has 1 fully saturated rings. The summed E-state index contributed by atoms with van der Waals surface area (Å²) < 4.78 is 1.50. The molecule has 0 unspecified atom stereocenters. The molecule has 1 aromatic heterocycles. The van der Waals surface area contributed by atoms with Crippen molar-refractivity contribution >= 4 is 105 Å². The third kappa shape index (κ3) is 11.2. The summed E-state index contributed by atoms with van der Waals surface area (Å²) >= 11 is 35.8. The van der Waals surface area contributed by atoms with Crippen molar-refractivity contribution in [3.63, 3.8) is 0 Å². The number of hydrogen-bond donors (Lipinski definition) is 1. The number of allylic oxidation sites excluding steroid dienone is 3. The second-order valence-corrected chi connectivity index (χ2v) is 17.8. The van der Waals surface area contributed by atoms with E-state index < -0.39 is 7.59 Å². The van der Waals surface area contributed by atoms with Gasteiger partial charge >= 0.3 is 5.97 Å². The smallest absolute Gasteiger partial charge is 0.311 e. The quantitative estimate of drug-likeness (QED) is 0.0687. The Balaban J connectivity index is 1.07. The van der Waals surface area contributed by atoms with Gasteiger partial charge in [0.15, 0.2) is 23.3 Å². The molecular weight excluding hydrogens is 815 g/mol. The summed E-state index contributed by atoms with van der Waals surface area (Å²) in [5.41, 5.74) is 3.98. The van der Waals surface area contributed by atoms with Crippen molar-refractivity contribution in [1.82, 2.24) is 15.0 Å². The van der Waals surface area contributed by atoms with Crippen LogP contribution in [0.2, 0.25) is 0 Å². The van der Waals surface area contributed by atoms with E-state index in [1.807, 2.05) is 63.4 Å². The fourth-order valence-corrected chi connectivity index (χ4v) is 6.00. The average Bonchev–Trinajstić information content (AvgIpc) is 3.38. The highest BCUT2D eigenvalue weighted by atomic mass is 35.6. The van der Waals surface area contributed by atoms with E-state index in [-0.39, 0.29) is 47.0 Å².